The molecule has 0 aliphatic carbocycles. The molecule has 0 unspecified atom stereocenters. The van der Waals surface area contributed by atoms with Gasteiger partial charge in [-0.2, -0.15) is 0 Å². The fraction of sp³-hybridized carbons (Fsp3) is 0. The van der Waals surface area contributed by atoms with Gasteiger partial charge in [-0.15, -0.1) is 11.3 Å². The van der Waals surface area contributed by atoms with Crippen LogP contribution < -0.4 is 4.90 Å². The van der Waals surface area contributed by atoms with Crippen molar-refractivity contribution in [1.29, 1.82) is 0 Å². The summed E-state index contributed by atoms with van der Waals surface area (Å²) in [6.45, 7) is 0. The van der Waals surface area contributed by atoms with Gasteiger partial charge in [-0.25, -0.2) is 0 Å². The number of rotatable bonds is 6. The van der Waals surface area contributed by atoms with Crippen molar-refractivity contribution >= 4 is 92.3 Å². The number of benzene rings is 9. The lowest BCUT2D eigenvalue weighted by molar-refractivity contribution is 0.646. The number of hydrogen-bond donors (Lipinski definition) is 0. The summed E-state index contributed by atoms with van der Waals surface area (Å²) in [6, 6.07) is 74.2. The van der Waals surface area contributed by atoms with Crippen LogP contribution in [0.3, 0.4) is 0 Å². The molecule has 0 atom stereocenters. The van der Waals surface area contributed by atoms with Crippen molar-refractivity contribution < 1.29 is 4.42 Å². The molecule has 3 nitrogen and oxygen atoms in total. The summed E-state index contributed by atoms with van der Waals surface area (Å²) in [5, 5.41) is 8.51. The Morgan fingerprint density at radius 2 is 1.02 bits per heavy atom. The smallest absolute Gasteiger partial charge is 0.213 e. The normalized spacial score (nSPS) is 11.8. The molecule has 0 aliphatic heterocycles. The third-order valence-electron chi connectivity index (χ3n) is 11.6. The van der Waals surface area contributed by atoms with Gasteiger partial charge in [-0.3, -0.25) is 4.57 Å². The molecule has 3 aromatic heterocycles. The summed E-state index contributed by atoms with van der Waals surface area (Å²) in [5.41, 5.74) is 11.9. The van der Waals surface area contributed by atoms with Crippen LogP contribution in [-0.2, 0) is 0 Å². The van der Waals surface area contributed by atoms with E-state index in [1.165, 1.54) is 47.5 Å². The highest BCUT2D eigenvalue weighted by Crippen LogP contribution is 2.46. The number of furan rings is 1. The number of para-hydroxylation sites is 3. The van der Waals surface area contributed by atoms with E-state index in [2.05, 4.69) is 216 Å². The van der Waals surface area contributed by atoms with Gasteiger partial charge in [0.25, 0.3) is 0 Å². The summed E-state index contributed by atoms with van der Waals surface area (Å²) in [7, 11) is 0. The molecule has 0 saturated carbocycles. The van der Waals surface area contributed by atoms with Gasteiger partial charge < -0.3 is 9.32 Å². The number of nitrogens with zero attached hydrogens (tertiary/aromatic N) is 2. The van der Waals surface area contributed by atoms with E-state index < -0.39 is 0 Å². The second kappa shape index (κ2) is 13.1. The van der Waals surface area contributed by atoms with Crippen LogP contribution in [-0.4, -0.2) is 4.57 Å². The van der Waals surface area contributed by atoms with Crippen molar-refractivity contribution in [2.45, 2.75) is 0 Å². The fourth-order valence-electron chi connectivity index (χ4n) is 8.97. The van der Waals surface area contributed by atoms with Crippen LogP contribution in [0.4, 0.5) is 17.1 Å². The Morgan fingerprint density at radius 1 is 0.431 bits per heavy atom. The van der Waals surface area contributed by atoms with Crippen LogP contribution in [0, 0.1) is 0 Å². The maximum absolute atomic E-state index is 6.93. The second-order valence-corrected chi connectivity index (χ2v) is 15.9. The van der Waals surface area contributed by atoms with Gasteiger partial charge in [0.15, 0.2) is 0 Å². The quantitative estimate of drug-likeness (QED) is 0.168. The van der Waals surface area contributed by atoms with Gasteiger partial charge in [-0.1, -0.05) is 152 Å². The minimum Gasteiger partial charge on any atom is -0.438 e. The Hall–Kier alpha value is -7.40. The van der Waals surface area contributed by atoms with Crippen molar-refractivity contribution in [3.05, 3.63) is 206 Å². The fourth-order valence-corrected chi connectivity index (χ4v) is 10.2. The predicted molar refractivity (Wildman–Crippen MR) is 247 cm³/mol. The number of thiophene rings is 1. The van der Waals surface area contributed by atoms with E-state index in [9.17, 15) is 0 Å². The molecule has 0 amide bonds. The van der Waals surface area contributed by atoms with Crippen LogP contribution in [0.25, 0.3) is 91.9 Å². The number of fused-ring (bicyclic) bond motifs is 9. The first kappa shape index (κ1) is 32.8. The summed E-state index contributed by atoms with van der Waals surface area (Å²) >= 11 is 1.86. The Kier molecular flexibility index (Phi) is 7.40. The molecule has 3 heterocycles. The molecule has 0 bridgehead atoms. The molecule has 12 rings (SSSR count). The summed E-state index contributed by atoms with van der Waals surface area (Å²) < 4.78 is 11.7. The van der Waals surface area contributed by atoms with E-state index in [4.69, 9.17) is 4.42 Å². The van der Waals surface area contributed by atoms with Gasteiger partial charge in [-0.05, 0) is 82.1 Å². The standard InChI is InChI=1S/C54H34N2OS/c1-2-15-38(16-3-1)56-48-24-8-6-19-46(48)51-47-23-11-21-43(52(47)57-54(51)56)37-29-33-40(34-30-37)55(49-25-12-22-45-44-18-7-9-26-50(44)58-53(45)49)39-31-27-36(28-32-39)42-20-10-14-35-13-4-5-17-41(35)42/h1-34H. The van der Waals surface area contributed by atoms with Gasteiger partial charge in [0.05, 0.1) is 21.3 Å². The zero-order valence-electron chi connectivity index (χ0n) is 31.3. The lowest BCUT2D eigenvalue weighted by Gasteiger charge is -2.26. The largest absolute Gasteiger partial charge is 0.438 e. The van der Waals surface area contributed by atoms with Crippen LogP contribution in [0.15, 0.2) is 211 Å². The average molecular weight is 759 g/mol. The molecule has 0 fully saturated rings. The highest BCUT2D eigenvalue weighted by atomic mass is 32.1. The second-order valence-electron chi connectivity index (χ2n) is 14.9. The lowest BCUT2D eigenvalue weighted by Crippen LogP contribution is -2.10. The topological polar surface area (TPSA) is 21.3 Å². The van der Waals surface area contributed by atoms with Crippen molar-refractivity contribution in [3.8, 4) is 27.9 Å². The first-order valence-electron chi connectivity index (χ1n) is 19.7. The minimum absolute atomic E-state index is 0.862. The minimum atomic E-state index is 0.862. The third kappa shape index (κ3) is 5.05. The molecular formula is C54H34N2OS. The van der Waals surface area contributed by atoms with Crippen LogP contribution in [0.2, 0.25) is 0 Å². The van der Waals surface area contributed by atoms with E-state index in [1.807, 2.05) is 11.3 Å². The van der Waals surface area contributed by atoms with Crippen molar-refractivity contribution in [3.63, 3.8) is 0 Å². The first-order valence-corrected chi connectivity index (χ1v) is 20.5. The van der Waals surface area contributed by atoms with Gasteiger partial charge >= 0.3 is 0 Å². The monoisotopic (exact) mass is 758 g/mol. The highest BCUT2D eigenvalue weighted by Gasteiger charge is 2.22. The molecular weight excluding hydrogens is 725 g/mol. The zero-order chi connectivity index (χ0) is 38.2. The van der Waals surface area contributed by atoms with Gasteiger partial charge in [0.1, 0.15) is 5.58 Å². The molecule has 0 N–H and O–H groups in total. The molecule has 0 saturated heterocycles. The van der Waals surface area contributed by atoms with Gasteiger partial charge in [0, 0.05) is 48.9 Å². The average Bonchev–Trinajstić information content (AvgIpc) is 3.97. The van der Waals surface area contributed by atoms with Gasteiger partial charge in [0.2, 0.25) is 5.71 Å². The molecule has 58 heavy (non-hydrogen) atoms. The Bertz CT molecular complexity index is 3500. The molecule has 272 valence electrons. The lowest BCUT2D eigenvalue weighted by atomic mass is 9.98. The van der Waals surface area contributed by atoms with E-state index in [0.717, 1.165) is 61.5 Å². The van der Waals surface area contributed by atoms with E-state index in [-0.39, 0.29) is 0 Å². The van der Waals surface area contributed by atoms with Crippen molar-refractivity contribution in [2.24, 2.45) is 0 Å². The molecule has 12 aromatic rings. The van der Waals surface area contributed by atoms with Crippen molar-refractivity contribution in [2.75, 3.05) is 4.90 Å². The van der Waals surface area contributed by atoms with Crippen LogP contribution in [0.1, 0.15) is 0 Å². The van der Waals surface area contributed by atoms with Crippen molar-refractivity contribution in [1.82, 2.24) is 4.57 Å². The Balaban J connectivity index is 1.01. The maximum atomic E-state index is 6.93. The zero-order valence-corrected chi connectivity index (χ0v) is 32.2. The molecule has 0 spiro atoms. The molecule has 4 heteroatoms. The molecule has 0 aliphatic rings. The third-order valence-corrected chi connectivity index (χ3v) is 12.8. The number of hydrogen-bond acceptors (Lipinski definition) is 3. The van der Waals surface area contributed by atoms with Crippen LogP contribution in [0.5, 0.6) is 0 Å². The first-order chi connectivity index (χ1) is 28.8. The number of anilines is 3. The summed E-state index contributed by atoms with van der Waals surface area (Å²) in [5.74, 6) is 0. The van der Waals surface area contributed by atoms with E-state index in [1.54, 1.807) is 0 Å². The highest BCUT2D eigenvalue weighted by molar-refractivity contribution is 7.26. The van der Waals surface area contributed by atoms with Crippen LogP contribution >= 0.6 is 11.3 Å². The van der Waals surface area contributed by atoms with E-state index >= 15 is 0 Å². The van der Waals surface area contributed by atoms with E-state index in [0.29, 0.717) is 0 Å². The SMILES string of the molecule is c1ccc(-n2c3ccccc3c3c4cccc(-c5ccc(N(c6ccc(-c7cccc8ccccc78)cc6)c6cccc7c6sc6ccccc67)cc5)c4oc32)cc1. The molecule has 9 aromatic carbocycles. The summed E-state index contributed by atoms with van der Waals surface area (Å²) in [6.07, 6.45) is 0. The maximum Gasteiger partial charge on any atom is 0.213 e. The predicted octanol–water partition coefficient (Wildman–Crippen LogP) is 15.9. The number of aromatic nitrogens is 1. The molecule has 0 radical (unpaired) electrons. The Labute approximate surface area is 338 Å². The summed E-state index contributed by atoms with van der Waals surface area (Å²) in [4.78, 5) is 2.41. The Morgan fingerprint density at radius 3 is 1.83 bits per heavy atom.